The normalized spacial score (nSPS) is 14.7. The number of carbonyl (C=O) groups is 1. The third-order valence-electron chi connectivity index (χ3n) is 3.38. The minimum atomic E-state index is -0.415. The van der Waals surface area contributed by atoms with E-state index in [1.165, 1.54) is 6.07 Å². The summed E-state index contributed by atoms with van der Waals surface area (Å²) in [6.07, 6.45) is 1.21. The summed E-state index contributed by atoms with van der Waals surface area (Å²) in [7, 11) is 0. The highest BCUT2D eigenvalue weighted by molar-refractivity contribution is 6.00. The van der Waals surface area contributed by atoms with E-state index in [2.05, 4.69) is 24.5 Å². The molecule has 1 aromatic carbocycles. The number of nitro benzene ring substituents is 1. The molecule has 19 heavy (non-hydrogen) atoms. The number of amides is 1. The highest BCUT2D eigenvalue weighted by atomic mass is 16.6. The molecule has 1 unspecified atom stereocenters. The van der Waals surface area contributed by atoms with Gasteiger partial charge in [0.1, 0.15) is 5.69 Å². The number of hydrogen-bond donors (Lipinski definition) is 2. The first kappa shape index (κ1) is 13.3. The molecule has 2 rings (SSSR count). The Bertz CT molecular complexity index is 528. The van der Waals surface area contributed by atoms with Crippen LogP contribution >= 0.6 is 0 Å². The van der Waals surface area contributed by atoms with Gasteiger partial charge in [0.2, 0.25) is 5.91 Å². The molecule has 1 atom stereocenters. The van der Waals surface area contributed by atoms with Gasteiger partial charge in [0.25, 0.3) is 5.69 Å². The van der Waals surface area contributed by atoms with Crippen molar-refractivity contribution >= 4 is 23.0 Å². The van der Waals surface area contributed by atoms with Gasteiger partial charge >= 0.3 is 0 Å². The number of anilines is 2. The molecule has 6 nitrogen and oxygen atoms in total. The molecule has 1 heterocycles. The van der Waals surface area contributed by atoms with Crippen LogP contribution in [-0.2, 0) is 11.2 Å². The molecule has 0 saturated carbocycles. The Hall–Kier alpha value is -2.11. The first-order valence-corrected chi connectivity index (χ1v) is 6.36. The lowest BCUT2D eigenvalue weighted by Gasteiger charge is -2.12. The zero-order valence-electron chi connectivity index (χ0n) is 11.0. The SMILES string of the molecule is CCC(C)CNc1cc2c(cc1[N+](=O)[O-])CC(=O)N2. The number of benzene rings is 1. The van der Waals surface area contributed by atoms with Crippen LogP contribution in [0.2, 0.25) is 0 Å². The number of nitro groups is 1. The van der Waals surface area contributed by atoms with Gasteiger partial charge in [-0.05, 0) is 17.5 Å². The van der Waals surface area contributed by atoms with E-state index in [9.17, 15) is 14.9 Å². The van der Waals surface area contributed by atoms with Crippen molar-refractivity contribution in [3.63, 3.8) is 0 Å². The summed E-state index contributed by atoms with van der Waals surface area (Å²) in [6.45, 7) is 4.82. The van der Waals surface area contributed by atoms with Crippen molar-refractivity contribution in [3.8, 4) is 0 Å². The second-order valence-electron chi connectivity index (χ2n) is 4.90. The first-order chi connectivity index (χ1) is 9.01. The van der Waals surface area contributed by atoms with Crippen LogP contribution in [0.1, 0.15) is 25.8 Å². The predicted octanol–water partition coefficient (Wildman–Crippen LogP) is 2.55. The average molecular weight is 263 g/mol. The fourth-order valence-corrected chi connectivity index (χ4v) is 1.98. The molecule has 0 radical (unpaired) electrons. The molecule has 0 aliphatic carbocycles. The zero-order chi connectivity index (χ0) is 14.0. The molecule has 0 fully saturated rings. The monoisotopic (exact) mass is 263 g/mol. The number of nitrogens with zero attached hydrogens (tertiary/aromatic N) is 1. The molecule has 6 heteroatoms. The minimum absolute atomic E-state index is 0.0264. The fraction of sp³-hybridized carbons (Fsp3) is 0.462. The summed E-state index contributed by atoms with van der Waals surface area (Å²) >= 11 is 0. The first-order valence-electron chi connectivity index (χ1n) is 6.36. The lowest BCUT2D eigenvalue weighted by molar-refractivity contribution is -0.384. The van der Waals surface area contributed by atoms with E-state index in [4.69, 9.17) is 0 Å². The van der Waals surface area contributed by atoms with Crippen molar-refractivity contribution in [1.82, 2.24) is 0 Å². The predicted molar refractivity (Wildman–Crippen MR) is 73.4 cm³/mol. The zero-order valence-corrected chi connectivity index (χ0v) is 11.0. The molecule has 1 aliphatic rings. The summed E-state index contributed by atoms with van der Waals surface area (Å²) in [5.74, 6) is 0.311. The van der Waals surface area contributed by atoms with E-state index in [0.29, 0.717) is 29.4 Å². The van der Waals surface area contributed by atoms with Gasteiger partial charge in [0, 0.05) is 18.3 Å². The number of nitrogens with one attached hydrogen (secondary N) is 2. The Balaban J connectivity index is 2.28. The summed E-state index contributed by atoms with van der Waals surface area (Å²) in [5.41, 5.74) is 1.85. The number of fused-ring (bicyclic) bond motifs is 1. The molecule has 0 spiro atoms. The second kappa shape index (κ2) is 5.26. The third kappa shape index (κ3) is 2.83. The van der Waals surface area contributed by atoms with Gasteiger partial charge in [-0.3, -0.25) is 14.9 Å². The van der Waals surface area contributed by atoms with E-state index in [0.717, 1.165) is 6.42 Å². The van der Waals surface area contributed by atoms with Crippen LogP contribution < -0.4 is 10.6 Å². The maximum atomic E-state index is 11.3. The van der Waals surface area contributed by atoms with E-state index in [-0.39, 0.29) is 18.0 Å². The van der Waals surface area contributed by atoms with Gasteiger partial charge in [-0.2, -0.15) is 0 Å². The summed E-state index contributed by atoms with van der Waals surface area (Å²) in [5, 5.41) is 16.9. The second-order valence-corrected chi connectivity index (χ2v) is 4.90. The van der Waals surface area contributed by atoms with Crippen molar-refractivity contribution in [2.75, 3.05) is 17.2 Å². The summed E-state index contributed by atoms with van der Waals surface area (Å²) < 4.78 is 0. The van der Waals surface area contributed by atoms with Crippen LogP contribution in [0.15, 0.2) is 12.1 Å². The lowest BCUT2D eigenvalue weighted by atomic mass is 10.1. The molecule has 0 saturated heterocycles. The maximum absolute atomic E-state index is 11.3. The molecule has 102 valence electrons. The van der Waals surface area contributed by atoms with Crippen LogP contribution in [-0.4, -0.2) is 17.4 Å². The van der Waals surface area contributed by atoms with Crippen molar-refractivity contribution in [3.05, 3.63) is 27.8 Å². The standard InChI is InChI=1S/C13H17N3O3/c1-3-8(2)7-14-11-6-10-9(5-13(17)15-10)4-12(11)16(18)19/h4,6,8,14H,3,5,7H2,1-2H3,(H,15,17). The third-order valence-corrected chi connectivity index (χ3v) is 3.38. The Morgan fingerprint density at radius 2 is 2.26 bits per heavy atom. The number of carbonyl (C=O) groups excluding carboxylic acids is 1. The quantitative estimate of drug-likeness (QED) is 0.631. The molecule has 1 aliphatic heterocycles. The topological polar surface area (TPSA) is 84.3 Å². The molecule has 0 bridgehead atoms. The van der Waals surface area contributed by atoms with Crippen LogP contribution in [0.5, 0.6) is 0 Å². The van der Waals surface area contributed by atoms with Gasteiger partial charge in [0.05, 0.1) is 11.3 Å². The Morgan fingerprint density at radius 3 is 2.89 bits per heavy atom. The molecule has 0 aromatic heterocycles. The van der Waals surface area contributed by atoms with E-state index >= 15 is 0 Å². The highest BCUT2D eigenvalue weighted by Crippen LogP contribution is 2.34. The van der Waals surface area contributed by atoms with Crippen LogP contribution in [0, 0.1) is 16.0 Å². The van der Waals surface area contributed by atoms with Gasteiger partial charge in [0.15, 0.2) is 0 Å². The number of hydrogen-bond acceptors (Lipinski definition) is 4. The van der Waals surface area contributed by atoms with Crippen LogP contribution in [0.3, 0.4) is 0 Å². The van der Waals surface area contributed by atoms with E-state index < -0.39 is 4.92 Å². The van der Waals surface area contributed by atoms with Crippen LogP contribution in [0.4, 0.5) is 17.1 Å². The van der Waals surface area contributed by atoms with Crippen LogP contribution in [0.25, 0.3) is 0 Å². The Morgan fingerprint density at radius 1 is 1.53 bits per heavy atom. The Kier molecular flexibility index (Phi) is 3.69. The summed E-state index contributed by atoms with van der Waals surface area (Å²) in [6, 6.07) is 3.13. The molecular formula is C13H17N3O3. The van der Waals surface area contributed by atoms with Gasteiger partial charge in [-0.15, -0.1) is 0 Å². The summed E-state index contributed by atoms with van der Waals surface area (Å²) in [4.78, 5) is 22.0. The highest BCUT2D eigenvalue weighted by Gasteiger charge is 2.24. The van der Waals surface area contributed by atoms with Gasteiger partial charge in [-0.1, -0.05) is 20.3 Å². The molecule has 2 N–H and O–H groups in total. The maximum Gasteiger partial charge on any atom is 0.292 e. The minimum Gasteiger partial charge on any atom is -0.379 e. The molecular weight excluding hydrogens is 246 g/mol. The number of rotatable bonds is 5. The van der Waals surface area contributed by atoms with Crippen molar-refractivity contribution in [2.45, 2.75) is 26.7 Å². The van der Waals surface area contributed by atoms with Gasteiger partial charge in [-0.25, -0.2) is 0 Å². The van der Waals surface area contributed by atoms with Gasteiger partial charge < -0.3 is 10.6 Å². The fourth-order valence-electron chi connectivity index (χ4n) is 1.98. The van der Waals surface area contributed by atoms with E-state index in [1.807, 2.05) is 0 Å². The smallest absolute Gasteiger partial charge is 0.292 e. The van der Waals surface area contributed by atoms with Crippen molar-refractivity contribution in [1.29, 1.82) is 0 Å². The van der Waals surface area contributed by atoms with Crippen molar-refractivity contribution in [2.24, 2.45) is 5.92 Å². The largest absolute Gasteiger partial charge is 0.379 e. The lowest BCUT2D eigenvalue weighted by Crippen LogP contribution is -2.11. The molecule has 1 aromatic rings. The Labute approximate surface area is 111 Å². The average Bonchev–Trinajstić information content (AvgIpc) is 2.73. The van der Waals surface area contributed by atoms with Crippen molar-refractivity contribution < 1.29 is 9.72 Å². The molecule has 1 amide bonds. The van der Waals surface area contributed by atoms with E-state index in [1.54, 1.807) is 6.07 Å².